The number of nitrogens with one attached hydrogen (secondary N) is 1. The third-order valence-electron chi connectivity index (χ3n) is 2.99. The van der Waals surface area contributed by atoms with E-state index in [1.807, 2.05) is 0 Å². The van der Waals surface area contributed by atoms with Gasteiger partial charge in [-0.3, -0.25) is 4.98 Å². The SMILES string of the molecule is FCc1ccc([C@H](NCl)c2ncccc2C(F)(F)F)cc1. The van der Waals surface area contributed by atoms with Crippen molar-refractivity contribution < 1.29 is 17.6 Å². The second-order valence-corrected chi connectivity index (χ2v) is 4.57. The summed E-state index contributed by atoms with van der Waals surface area (Å²) < 4.78 is 51.5. The maximum atomic E-state index is 13.0. The van der Waals surface area contributed by atoms with Crippen molar-refractivity contribution in [1.82, 2.24) is 9.82 Å². The molecule has 0 saturated heterocycles. The highest BCUT2D eigenvalue weighted by molar-refractivity contribution is 6.13. The molecule has 21 heavy (non-hydrogen) atoms. The molecule has 0 bridgehead atoms. The number of benzene rings is 1. The molecule has 0 unspecified atom stereocenters. The number of hydrogen-bond acceptors (Lipinski definition) is 2. The van der Waals surface area contributed by atoms with E-state index in [4.69, 9.17) is 11.8 Å². The zero-order valence-corrected chi connectivity index (χ0v) is 11.4. The van der Waals surface area contributed by atoms with Crippen LogP contribution in [0.2, 0.25) is 0 Å². The van der Waals surface area contributed by atoms with Crippen LogP contribution in [-0.2, 0) is 12.9 Å². The van der Waals surface area contributed by atoms with Gasteiger partial charge in [-0.05, 0) is 35.0 Å². The lowest BCUT2D eigenvalue weighted by atomic mass is 9.99. The zero-order valence-electron chi connectivity index (χ0n) is 10.7. The molecule has 0 saturated carbocycles. The molecule has 1 heterocycles. The van der Waals surface area contributed by atoms with Crippen molar-refractivity contribution in [2.45, 2.75) is 18.9 Å². The van der Waals surface area contributed by atoms with Crippen LogP contribution in [0.15, 0.2) is 42.6 Å². The van der Waals surface area contributed by atoms with Gasteiger partial charge in [0.25, 0.3) is 0 Å². The van der Waals surface area contributed by atoms with E-state index in [9.17, 15) is 17.6 Å². The van der Waals surface area contributed by atoms with Crippen LogP contribution in [0.25, 0.3) is 0 Å². The maximum Gasteiger partial charge on any atom is 0.418 e. The van der Waals surface area contributed by atoms with Crippen LogP contribution in [-0.4, -0.2) is 4.98 Å². The third kappa shape index (κ3) is 3.51. The number of aromatic nitrogens is 1. The zero-order chi connectivity index (χ0) is 15.5. The summed E-state index contributed by atoms with van der Waals surface area (Å²) in [5.74, 6) is 0. The predicted molar refractivity (Wildman–Crippen MR) is 71.3 cm³/mol. The van der Waals surface area contributed by atoms with Crippen molar-refractivity contribution in [2.75, 3.05) is 0 Å². The lowest BCUT2D eigenvalue weighted by Gasteiger charge is -2.19. The van der Waals surface area contributed by atoms with Crippen LogP contribution in [0.1, 0.15) is 28.4 Å². The minimum atomic E-state index is -4.53. The molecule has 2 rings (SSSR count). The van der Waals surface area contributed by atoms with Crippen molar-refractivity contribution in [1.29, 1.82) is 0 Å². The Morgan fingerprint density at radius 3 is 2.33 bits per heavy atom. The minimum Gasteiger partial charge on any atom is -0.259 e. The fraction of sp³-hybridized carbons (Fsp3) is 0.214. The number of hydrogen-bond donors (Lipinski definition) is 1. The van der Waals surface area contributed by atoms with E-state index < -0.39 is 24.5 Å². The molecule has 0 spiro atoms. The standard InChI is InChI=1S/C14H11ClF4N2/c15-21-12(10-5-3-9(8-16)4-6-10)13-11(14(17,18)19)2-1-7-20-13/h1-7,12,21H,8H2/t12-/m0/s1. The molecule has 2 nitrogen and oxygen atoms in total. The van der Waals surface area contributed by atoms with Gasteiger partial charge < -0.3 is 0 Å². The Bertz CT molecular complexity index is 599. The normalized spacial score (nSPS) is 13.2. The first-order chi connectivity index (χ1) is 9.97. The Morgan fingerprint density at radius 2 is 1.81 bits per heavy atom. The largest absolute Gasteiger partial charge is 0.418 e. The lowest BCUT2D eigenvalue weighted by molar-refractivity contribution is -0.138. The monoisotopic (exact) mass is 318 g/mol. The Morgan fingerprint density at radius 1 is 1.14 bits per heavy atom. The van der Waals surface area contributed by atoms with Crippen molar-refractivity contribution in [3.8, 4) is 0 Å². The first kappa shape index (κ1) is 15.7. The van der Waals surface area contributed by atoms with E-state index in [-0.39, 0.29) is 5.69 Å². The Labute approximate surface area is 123 Å². The van der Waals surface area contributed by atoms with E-state index in [0.29, 0.717) is 11.1 Å². The average Bonchev–Trinajstić information content (AvgIpc) is 2.48. The number of rotatable bonds is 4. The van der Waals surface area contributed by atoms with Crippen LogP contribution in [0.5, 0.6) is 0 Å². The number of alkyl halides is 4. The molecule has 1 aromatic carbocycles. The number of nitrogens with zero attached hydrogens (tertiary/aromatic N) is 1. The van der Waals surface area contributed by atoms with Crippen LogP contribution >= 0.6 is 11.8 Å². The summed E-state index contributed by atoms with van der Waals surface area (Å²) >= 11 is 5.60. The first-order valence-corrected chi connectivity index (χ1v) is 6.38. The Balaban J connectivity index is 2.46. The first-order valence-electron chi connectivity index (χ1n) is 6.00. The fourth-order valence-corrected chi connectivity index (χ4v) is 2.19. The van der Waals surface area contributed by atoms with E-state index in [1.54, 1.807) is 0 Å². The second-order valence-electron chi connectivity index (χ2n) is 4.35. The molecule has 2 aromatic rings. The summed E-state index contributed by atoms with van der Waals surface area (Å²) in [6.45, 7) is -0.642. The molecule has 0 aliphatic heterocycles. The molecule has 1 aromatic heterocycles. The highest BCUT2D eigenvalue weighted by Gasteiger charge is 2.36. The van der Waals surface area contributed by atoms with E-state index in [2.05, 4.69) is 9.82 Å². The van der Waals surface area contributed by atoms with Crippen molar-refractivity contribution in [3.05, 3.63) is 65.0 Å². The molecule has 7 heteroatoms. The van der Waals surface area contributed by atoms with Gasteiger partial charge in [-0.25, -0.2) is 9.23 Å². The van der Waals surface area contributed by atoms with E-state index in [0.717, 1.165) is 6.07 Å². The van der Waals surface area contributed by atoms with Gasteiger partial charge in [0.2, 0.25) is 0 Å². The van der Waals surface area contributed by atoms with Crippen molar-refractivity contribution in [2.24, 2.45) is 0 Å². The molecule has 1 N–H and O–H groups in total. The van der Waals surface area contributed by atoms with Gasteiger partial charge >= 0.3 is 6.18 Å². The quantitative estimate of drug-likeness (QED) is 0.667. The summed E-state index contributed by atoms with van der Waals surface area (Å²) in [4.78, 5) is 6.09. The molecule has 0 fully saturated rings. The lowest BCUT2D eigenvalue weighted by Crippen LogP contribution is -2.20. The summed E-state index contributed by atoms with van der Waals surface area (Å²) in [5, 5.41) is 0. The van der Waals surface area contributed by atoms with Gasteiger partial charge in [0.05, 0.1) is 17.3 Å². The highest BCUT2D eigenvalue weighted by Crippen LogP contribution is 2.35. The second kappa shape index (κ2) is 6.41. The highest BCUT2D eigenvalue weighted by atomic mass is 35.5. The summed E-state index contributed by atoms with van der Waals surface area (Å²) in [6.07, 6.45) is -3.27. The maximum absolute atomic E-state index is 13.0. The topological polar surface area (TPSA) is 24.9 Å². The average molecular weight is 319 g/mol. The summed E-state index contributed by atoms with van der Waals surface area (Å²) in [6, 6.07) is 7.23. The van der Waals surface area contributed by atoms with Gasteiger partial charge in [-0.1, -0.05) is 24.3 Å². The number of pyridine rings is 1. The van der Waals surface area contributed by atoms with Crippen LogP contribution < -0.4 is 4.84 Å². The van der Waals surface area contributed by atoms with Gasteiger partial charge in [0.15, 0.2) is 0 Å². The summed E-state index contributed by atoms with van der Waals surface area (Å²) in [5.41, 5.74) is -0.193. The summed E-state index contributed by atoms with van der Waals surface area (Å²) in [7, 11) is 0. The molecule has 112 valence electrons. The van der Waals surface area contributed by atoms with E-state index >= 15 is 0 Å². The van der Waals surface area contributed by atoms with Gasteiger partial charge in [0.1, 0.15) is 6.67 Å². The minimum absolute atomic E-state index is 0.229. The van der Waals surface area contributed by atoms with Crippen LogP contribution in [0.4, 0.5) is 17.6 Å². The van der Waals surface area contributed by atoms with Gasteiger partial charge in [0, 0.05) is 6.20 Å². The Kier molecular flexibility index (Phi) is 4.80. The van der Waals surface area contributed by atoms with E-state index in [1.165, 1.54) is 36.5 Å². The molecule has 0 radical (unpaired) electrons. The molecule has 1 atom stereocenters. The Hall–Kier alpha value is -1.66. The molecule has 0 amide bonds. The van der Waals surface area contributed by atoms with Crippen LogP contribution in [0, 0.1) is 0 Å². The van der Waals surface area contributed by atoms with Crippen molar-refractivity contribution >= 4 is 11.8 Å². The number of halogens is 5. The smallest absolute Gasteiger partial charge is 0.259 e. The van der Waals surface area contributed by atoms with Gasteiger partial charge in [-0.15, -0.1) is 0 Å². The van der Waals surface area contributed by atoms with Crippen molar-refractivity contribution in [3.63, 3.8) is 0 Å². The molecule has 0 aliphatic carbocycles. The molecular weight excluding hydrogens is 308 g/mol. The van der Waals surface area contributed by atoms with Gasteiger partial charge in [-0.2, -0.15) is 13.2 Å². The fourth-order valence-electron chi connectivity index (χ4n) is 1.96. The third-order valence-corrected chi connectivity index (χ3v) is 3.21. The predicted octanol–water partition coefficient (Wildman–Crippen LogP) is 4.40. The molecular formula is C14H11ClF4N2. The van der Waals surface area contributed by atoms with Crippen LogP contribution in [0.3, 0.4) is 0 Å². The molecule has 0 aliphatic rings.